The molecular formula is C13H10N4O. The maximum absolute atomic E-state index is 12.1. The van der Waals surface area contributed by atoms with Crippen molar-refractivity contribution in [2.24, 2.45) is 0 Å². The SMILES string of the molecule is CN(C(=O)c1ccnnc1)c1cccc(C#N)c1. The number of anilines is 1. The standard InChI is InChI=1S/C13H10N4O/c1-17(12-4-2-3-10(7-12)8-14)13(18)11-5-6-15-16-9-11/h2-7,9H,1H3. The van der Waals surface area contributed by atoms with Gasteiger partial charge in [-0.3, -0.25) is 4.79 Å². The van der Waals surface area contributed by atoms with Gasteiger partial charge in [-0.2, -0.15) is 15.5 Å². The van der Waals surface area contributed by atoms with Crippen molar-refractivity contribution in [3.8, 4) is 6.07 Å². The zero-order valence-corrected chi connectivity index (χ0v) is 9.74. The van der Waals surface area contributed by atoms with E-state index in [2.05, 4.69) is 10.2 Å². The molecule has 18 heavy (non-hydrogen) atoms. The number of nitriles is 1. The first-order chi connectivity index (χ1) is 8.72. The van der Waals surface area contributed by atoms with Crippen LogP contribution in [0.3, 0.4) is 0 Å². The second-order valence-corrected chi connectivity index (χ2v) is 3.66. The lowest BCUT2D eigenvalue weighted by Crippen LogP contribution is -2.26. The third-order valence-corrected chi connectivity index (χ3v) is 2.50. The maximum Gasteiger partial charge on any atom is 0.259 e. The van der Waals surface area contributed by atoms with Crippen LogP contribution in [0.1, 0.15) is 15.9 Å². The third-order valence-electron chi connectivity index (χ3n) is 2.50. The van der Waals surface area contributed by atoms with E-state index in [0.717, 1.165) is 0 Å². The molecule has 0 N–H and O–H groups in total. The molecule has 0 bridgehead atoms. The Morgan fingerprint density at radius 3 is 2.83 bits per heavy atom. The third kappa shape index (κ3) is 2.33. The van der Waals surface area contributed by atoms with Gasteiger partial charge in [0.25, 0.3) is 5.91 Å². The summed E-state index contributed by atoms with van der Waals surface area (Å²) in [7, 11) is 1.65. The fourth-order valence-corrected chi connectivity index (χ4v) is 1.51. The zero-order valence-electron chi connectivity index (χ0n) is 9.74. The van der Waals surface area contributed by atoms with Crippen LogP contribution in [-0.4, -0.2) is 23.2 Å². The second-order valence-electron chi connectivity index (χ2n) is 3.66. The van der Waals surface area contributed by atoms with Gasteiger partial charge in [0.05, 0.1) is 29.6 Å². The minimum absolute atomic E-state index is 0.194. The van der Waals surface area contributed by atoms with E-state index in [1.54, 1.807) is 37.4 Å². The Morgan fingerprint density at radius 1 is 1.33 bits per heavy atom. The van der Waals surface area contributed by atoms with E-state index in [1.807, 2.05) is 6.07 Å². The van der Waals surface area contributed by atoms with E-state index in [-0.39, 0.29) is 5.91 Å². The number of hydrogen-bond donors (Lipinski definition) is 0. The largest absolute Gasteiger partial charge is 0.311 e. The van der Waals surface area contributed by atoms with Gasteiger partial charge in [-0.15, -0.1) is 0 Å². The Hall–Kier alpha value is -2.74. The first-order valence-corrected chi connectivity index (χ1v) is 5.27. The molecule has 5 nitrogen and oxygen atoms in total. The number of amides is 1. The predicted octanol–water partition coefficient (Wildman–Crippen LogP) is 1.62. The highest BCUT2D eigenvalue weighted by Gasteiger charge is 2.13. The van der Waals surface area contributed by atoms with Crippen LogP contribution in [0.25, 0.3) is 0 Å². The molecule has 1 aromatic carbocycles. The lowest BCUT2D eigenvalue weighted by atomic mass is 10.2. The second kappa shape index (κ2) is 5.06. The Bertz CT molecular complexity index is 604. The summed E-state index contributed by atoms with van der Waals surface area (Å²) < 4.78 is 0. The van der Waals surface area contributed by atoms with Gasteiger partial charge in [0, 0.05) is 12.7 Å². The Morgan fingerprint density at radius 2 is 2.17 bits per heavy atom. The lowest BCUT2D eigenvalue weighted by molar-refractivity contribution is 0.0992. The van der Waals surface area contributed by atoms with Gasteiger partial charge in [0.2, 0.25) is 0 Å². The summed E-state index contributed by atoms with van der Waals surface area (Å²) in [5.41, 5.74) is 1.63. The van der Waals surface area contributed by atoms with Crippen molar-refractivity contribution < 1.29 is 4.79 Å². The summed E-state index contributed by atoms with van der Waals surface area (Å²) in [5, 5.41) is 16.1. The molecule has 0 atom stereocenters. The Balaban J connectivity index is 2.29. The molecule has 0 saturated carbocycles. The van der Waals surface area contributed by atoms with Crippen molar-refractivity contribution in [3.63, 3.8) is 0 Å². The Kier molecular flexibility index (Phi) is 3.30. The van der Waals surface area contributed by atoms with Gasteiger partial charge in [0.1, 0.15) is 0 Å². The molecule has 0 aliphatic heterocycles. The molecule has 2 aromatic rings. The van der Waals surface area contributed by atoms with Gasteiger partial charge in [-0.05, 0) is 24.3 Å². The van der Waals surface area contributed by atoms with Gasteiger partial charge >= 0.3 is 0 Å². The number of carbonyl (C=O) groups excluding carboxylic acids is 1. The van der Waals surface area contributed by atoms with Crippen LogP contribution in [0.4, 0.5) is 5.69 Å². The fraction of sp³-hybridized carbons (Fsp3) is 0.0769. The number of rotatable bonds is 2. The number of benzene rings is 1. The first kappa shape index (κ1) is 11.7. The van der Waals surface area contributed by atoms with E-state index < -0.39 is 0 Å². The van der Waals surface area contributed by atoms with Crippen LogP contribution in [0.5, 0.6) is 0 Å². The summed E-state index contributed by atoms with van der Waals surface area (Å²) in [5.74, 6) is -0.194. The van der Waals surface area contributed by atoms with Crippen molar-refractivity contribution in [3.05, 3.63) is 53.9 Å². The molecule has 1 heterocycles. The topological polar surface area (TPSA) is 69.9 Å². The van der Waals surface area contributed by atoms with Gasteiger partial charge in [-0.1, -0.05) is 6.07 Å². The smallest absolute Gasteiger partial charge is 0.259 e. The highest BCUT2D eigenvalue weighted by Crippen LogP contribution is 2.16. The summed E-state index contributed by atoms with van der Waals surface area (Å²) in [6.07, 6.45) is 2.87. The van der Waals surface area contributed by atoms with Crippen LogP contribution in [0, 0.1) is 11.3 Å². The van der Waals surface area contributed by atoms with Crippen LogP contribution in [0.2, 0.25) is 0 Å². The van der Waals surface area contributed by atoms with Crippen LogP contribution in [0.15, 0.2) is 42.7 Å². The van der Waals surface area contributed by atoms with E-state index in [4.69, 9.17) is 5.26 Å². The predicted molar refractivity (Wildman–Crippen MR) is 65.9 cm³/mol. The zero-order chi connectivity index (χ0) is 13.0. The average Bonchev–Trinajstić information content (AvgIpc) is 2.46. The van der Waals surface area contributed by atoms with Gasteiger partial charge in [-0.25, -0.2) is 0 Å². The first-order valence-electron chi connectivity index (χ1n) is 5.27. The lowest BCUT2D eigenvalue weighted by Gasteiger charge is -2.17. The highest BCUT2D eigenvalue weighted by atomic mass is 16.2. The molecule has 0 unspecified atom stereocenters. The normalized spacial score (nSPS) is 9.56. The summed E-state index contributed by atoms with van der Waals surface area (Å²) in [6.45, 7) is 0. The van der Waals surface area contributed by atoms with Crippen molar-refractivity contribution >= 4 is 11.6 Å². The molecule has 1 amide bonds. The van der Waals surface area contributed by atoms with E-state index in [9.17, 15) is 4.79 Å². The molecule has 0 radical (unpaired) electrons. The number of aromatic nitrogens is 2. The van der Waals surface area contributed by atoms with E-state index in [1.165, 1.54) is 17.3 Å². The van der Waals surface area contributed by atoms with Gasteiger partial charge < -0.3 is 4.90 Å². The molecule has 0 aliphatic carbocycles. The molecule has 0 aliphatic rings. The van der Waals surface area contributed by atoms with Crippen LogP contribution in [-0.2, 0) is 0 Å². The minimum Gasteiger partial charge on any atom is -0.311 e. The quantitative estimate of drug-likeness (QED) is 0.797. The maximum atomic E-state index is 12.1. The minimum atomic E-state index is -0.194. The molecule has 1 aromatic heterocycles. The molecule has 0 fully saturated rings. The molecule has 5 heteroatoms. The Labute approximate surface area is 104 Å². The molecular weight excluding hydrogens is 228 g/mol. The highest BCUT2D eigenvalue weighted by molar-refractivity contribution is 6.05. The summed E-state index contributed by atoms with van der Waals surface area (Å²) >= 11 is 0. The summed E-state index contributed by atoms with van der Waals surface area (Å²) in [6, 6.07) is 10.5. The molecule has 88 valence electrons. The van der Waals surface area contributed by atoms with Crippen molar-refractivity contribution in [1.29, 1.82) is 5.26 Å². The van der Waals surface area contributed by atoms with Crippen LogP contribution < -0.4 is 4.90 Å². The van der Waals surface area contributed by atoms with Crippen LogP contribution >= 0.6 is 0 Å². The van der Waals surface area contributed by atoms with Crippen molar-refractivity contribution in [2.75, 3.05) is 11.9 Å². The average molecular weight is 238 g/mol. The summed E-state index contributed by atoms with van der Waals surface area (Å²) in [4.78, 5) is 13.6. The number of carbonyl (C=O) groups is 1. The molecule has 0 saturated heterocycles. The monoisotopic (exact) mass is 238 g/mol. The molecule has 2 rings (SSSR count). The van der Waals surface area contributed by atoms with E-state index >= 15 is 0 Å². The number of nitrogens with zero attached hydrogens (tertiary/aromatic N) is 4. The fourth-order valence-electron chi connectivity index (χ4n) is 1.51. The van der Waals surface area contributed by atoms with Crippen molar-refractivity contribution in [1.82, 2.24) is 10.2 Å². The van der Waals surface area contributed by atoms with Crippen molar-refractivity contribution in [2.45, 2.75) is 0 Å². The molecule has 0 spiro atoms. The number of hydrogen-bond acceptors (Lipinski definition) is 4. The van der Waals surface area contributed by atoms with Gasteiger partial charge in [0.15, 0.2) is 0 Å². The van der Waals surface area contributed by atoms with E-state index in [0.29, 0.717) is 16.8 Å².